The fraction of sp³-hybridized carbons (Fsp3) is 0.0476. The van der Waals surface area contributed by atoms with Gasteiger partial charge in [-0.05, 0) is 55.5 Å². The van der Waals surface area contributed by atoms with Crippen LogP contribution >= 0.6 is 11.6 Å². The van der Waals surface area contributed by atoms with Crippen LogP contribution in [-0.2, 0) is 10.0 Å². The van der Waals surface area contributed by atoms with E-state index in [1.165, 1.54) is 0 Å². The van der Waals surface area contributed by atoms with Crippen molar-refractivity contribution in [2.24, 2.45) is 0 Å². The SMILES string of the molecule is Cc1ccc(S(=O)(=O)Nc2ccccc2-c2nc(-c3ccc(Cl)cc3)no2)cc1. The molecule has 4 rings (SSSR count). The van der Waals surface area contributed by atoms with Crippen LogP contribution in [0.5, 0.6) is 0 Å². The van der Waals surface area contributed by atoms with Crippen LogP contribution in [0.1, 0.15) is 5.56 Å². The van der Waals surface area contributed by atoms with Gasteiger partial charge in [-0.2, -0.15) is 4.98 Å². The summed E-state index contributed by atoms with van der Waals surface area (Å²) in [5.41, 5.74) is 2.54. The molecule has 0 unspecified atom stereocenters. The highest BCUT2D eigenvalue weighted by Crippen LogP contribution is 2.30. The molecule has 0 saturated carbocycles. The molecule has 1 N–H and O–H groups in total. The minimum Gasteiger partial charge on any atom is -0.334 e. The maximum atomic E-state index is 12.8. The predicted molar refractivity (Wildman–Crippen MR) is 112 cm³/mol. The van der Waals surface area contributed by atoms with Gasteiger partial charge < -0.3 is 4.52 Å². The van der Waals surface area contributed by atoms with Crippen molar-refractivity contribution in [2.45, 2.75) is 11.8 Å². The second kappa shape index (κ2) is 7.69. The fourth-order valence-corrected chi connectivity index (χ4v) is 3.93. The maximum Gasteiger partial charge on any atom is 0.261 e. The first-order valence-electron chi connectivity index (χ1n) is 8.71. The molecule has 0 atom stereocenters. The maximum absolute atomic E-state index is 12.8. The minimum absolute atomic E-state index is 0.172. The van der Waals surface area contributed by atoms with Gasteiger partial charge in [-0.15, -0.1) is 0 Å². The van der Waals surface area contributed by atoms with Crippen molar-refractivity contribution < 1.29 is 12.9 Å². The van der Waals surface area contributed by atoms with E-state index in [-0.39, 0.29) is 10.8 Å². The van der Waals surface area contributed by atoms with Crippen LogP contribution in [0.3, 0.4) is 0 Å². The molecule has 1 heterocycles. The van der Waals surface area contributed by atoms with E-state index in [2.05, 4.69) is 14.9 Å². The predicted octanol–water partition coefficient (Wildman–Crippen LogP) is 5.17. The molecule has 146 valence electrons. The number of nitrogens with one attached hydrogen (secondary N) is 1. The highest BCUT2D eigenvalue weighted by atomic mass is 35.5. The van der Waals surface area contributed by atoms with Crippen molar-refractivity contribution in [2.75, 3.05) is 4.72 Å². The Hall–Kier alpha value is -3.16. The summed E-state index contributed by atoms with van der Waals surface area (Å²) >= 11 is 5.91. The Morgan fingerprint density at radius 2 is 1.62 bits per heavy atom. The zero-order valence-corrected chi connectivity index (χ0v) is 16.9. The first-order valence-corrected chi connectivity index (χ1v) is 10.6. The number of aromatic nitrogens is 2. The highest BCUT2D eigenvalue weighted by Gasteiger charge is 2.19. The Morgan fingerprint density at radius 1 is 0.931 bits per heavy atom. The third-order valence-electron chi connectivity index (χ3n) is 4.26. The van der Waals surface area contributed by atoms with Gasteiger partial charge in [0.05, 0.1) is 16.1 Å². The lowest BCUT2D eigenvalue weighted by Gasteiger charge is -2.10. The lowest BCUT2D eigenvalue weighted by atomic mass is 10.2. The van der Waals surface area contributed by atoms with Gasteiger partial charge in [-0.3, -0.25) is 4.72 Å². The molecule has 0 bridgehead atoms. The Bertz CT molecular complexity index is 1250. The molecule has 0 amide bonds. The average Bonchev–Trinajstić information content (AvgIpc) is 3.19. The van der Waals surface area contributed by atoms with Crippen LogP contribution in [0.2, 0.25) is 5.02 Å². The van der Waals surface area contributed by atoms with Crippen molar-refractivity contribution in [3.8, 4) is 22.8 Å². The van der Waals surface area contributed by atoms with Gasteiger partial charge >= 0.3 is 0 Å². The molecule has 1 aromatic heterocycles. The zero-order chi connectivity index (χ0) is 20.4. The molecule has 0 saturated heterocycles. The van der Waals surface area contributed by atoms with Crippen LogP contribution < -0.4 is 4.72 Å². The van der Waals surface area contributed by atoms with Crippen LogP contribution in [0.25, 0.3) is 22.8 Å². The number of para-hydroxylation sites is 1. The normalized spacial score (nSPS) is 11.4. The van der Waals surface area contributed by atoms with E-state index in [0.29, 0.717) is 22.1 Å². The lowest BCUT2D eigenvalue weighted by molar-refractivity contribution is 0.432. The van der Waals surface area contributed by atoms with Gasteiger partial charge in [0.15, 0.2) is 0 Å². The van der Waals surface area contributed by atoms with Crippen molar-refractivity contribution in [1.82, 2.24) is 10.1 Å². The van der Waals surface area contributed by atoms with E-state index in [1.807, 2.05) is 6.92 Å². The van der Waals surface area contributed by atoms with Gasteiger partial charge in [0.1, 0.15) is 0 Å². The van der Waals surface area contributed by atoms with Crippen LogP contribution in [0.15, 0.2) is 82.2 Å². The molecule has 8 heteroatoms. The summed E-state index contributed by atoms with van der Waals surface area (Å²) in [7, 11) is -3.77. The van der Waals surface area contributed by atoms with Crippen molar-refractivity contribution >= 4 is 27.3 Å². The Morgan fingerprint density at radius 3 is 2.34 bits per heavy atom. The van der Waals surface area contributed by atoms with Gasteiger partial charge in [0.2, 0.25) is 5.82 Å². The molecule has 3 aromatic carbocycles. The number of halogens is 1. The second-order valence-electron chi connectivity index (χ2n) is 6.39. The molecule has 0 fully saturated rings. The summed E-state index contributed by atoms with van der Waals surface area (Å²) < 4.78 is 33.5. The molecule has 0 aliphatic carbocycles. The first-order chi connectivity index (χ1) is 13.9. The van der Waals surface area contributed by atoms with E-state index in [9.17, 15) is 8.42 Å². The molecule has 0 radical (unpaired) electrons. The average molecular weight is 426 g/mol. The largest absolute Gasteiger partial charge is 0.334 e. The van der Waals surface area contributed by atoms with Crippen LogP contribution in [0, 0.1) is 6.92 Å². The number of hydrogen-bond acceptors (Lipinski definition) is 5. The Labute approximate surface area is 173 Å². The quantitative estimate of drug-likeness (QED) is 0.477. The molecule has 4 aromatic rings. The molecule has 0 spiro atoms. The topological polar surface area (TPSA) is 85.1 Å². The number of nitrogens with zero attached hydrogens (tertiary/aromatic N) is 2. The van der Waals surface area contributed by atoms with Crippen LogP contribution in [0.4, 0.5) is 5.69 Å². The van der Waals surface area contributed by atoms with Crippen molar-refractivity contribution in [3.05, 3.63) is 83.4 Å². The first kappa shape index (κ1) is 19.2. The van der Waals surface area contributed by atoms with Crippen LogP contribution in [-0.4, -0.2) is 18.6 Å². The molecular weight excluding hydrogens is 410 g/mol. The smallest absolute Gasteiger partial charge is 0.261 e. The highest BCUT2D eigenvalue weighted by molar-refractivity contribution is 7.92. The number of benzene rings is 3. The summed E-state index contributed by atoms with van der Waals surface area (Å²) in [5.74, 6) is 0.588. The van der Waals surface area contributed by atoms with E-state index in [0.717, 1.165) is 11.1 Å². The number of anilines is 1. The number of aryl methyl sites for hydroxylation is 1. The Balaban J connectivity index is 1.67. The number of hydrogen-bond donors (Lipinski definition) is 1. The molecule has 0 aliphatic rings. The molecule has 29 heavy (non-hydrogen) atoms. The summed E-state index contributed by atoms with van der Waals surface area (Å²) in [4.78, 5) is 4.57. The van der Waals surface area contributed by atoms with E-state index < -0.39 is 10.0 Å². The summed E-state index contributed by atoms with van der Waals surface area (Å²) in [6.07, 6.45) is 0. The van der Waals surface area contributed by atoms with Gasteiger partial charge in [0, 0.05) is 10.6 Å². The van der Waals surface area contributed by atoms with E-state index in [4.69, 9.17) is 16.1 Å². The molecular formula is C21H16ClN3O3S. The van der Waals surface area contributed by atoms with Gasteiger partial charge in [-0.25, -0.2) is 8.42 Å². The van der Waals surface area contributed by atoms with E-state index >= 15 is 0 Å². The number of sulfonamides is 1. The molecule has 6 nitrogen and oxygen atoms in total. The Kier molecular flexibility index (Phi) is 5.08. The fourth-order valence-electron chi connectivity index (χ4n) is 2.73. The van der Waals surface area contributed by atoms with Crippen molar-refractivity contribution in [3.63, 3.8) is 0 Å². The lowest BCUT2D eigenvalue weighted by Crippen LogP contribution is -2.13. The number of rotatable bonds is 5. The van der Waals surface area contributed by atoms with Crippen molar-refractivity contribution in [1.29, 1.82) is 0 Å². The van der Waals surface area contributed by atoms with E-state index in [1.54, 1.807) is 72.8 Å². The monoisotopic (exact) mass is 425 g/mol. The minimum atomic E-state index is -3.77. The molecule has 0 aliphatic heterocycles. The van der Waals surface area contributed by atoms with Gasteiger partial charge in [-0.1, -0.05) is 46.6 Å². The summed E-state index contributed by atoms with van der Waals surface area (Å²) in [5, 5.41) is 4.60. The zero-order valence-electron chi connectivity index (χ0n) is 15.3. The summed E-state index contributed by atoms with van der Waals surface area (Å²) in [6, 6.07) is 20.5. The van der Waals surface area contributed by atoms with Gasteiger partial charge in [0.25, 0.3) is 15.9 Å². The standard InChI is InChI=1S/C21H16ClN3O3S/c1-14-6-12-17(13-7-14)29(26,27)25-19-5-3-2-4-18(19)21-23-20(24-28-21)15-8-10-16(22)11-9-15/h2-13,25H,1H3. The third-order valence-corrected chi connectivity index (χ3v) is 5.89. The summed E-state index contributed by atoms with van der Waals surface area (Å²) in [6.45, 7) is 1.90. The third kappa shape index (κ3) is 4.16. The second-order valence-corrected chi connectivity index (χ2v) is 8.51.